The highest BCUT2D eigenvalue weighted by Crippen LogP contribution is 2.52. The van der Waals surface area contributed by atoms with Crippen LogP contribution in [0.3, 0.4) is 0 Å². The summed E-state index contributed by atoms with van der Waals surface area (Å²) in [6.07, 6.45) is 1.08. The maximum Gasteiger partial charge on any atom is 0.226 e. The van der Waals surface area contributed by atoms with Gasteiger partial charge >= 0.3 is 0 Å². The van der Waals surface area contributed by atoms with Gasteiger partial charge in [0.15, 0.2) is 0 Å². The normalized spacial score (nSPS) is 18.4. The first kappa shape index (κ1) is 21.4. The maximum absolute atomic E-state index is 6.72. The molecule has 3 aromatic carbocycles. The van der Waals surface area contributed by atoms with E-state index in [1.165, 1.54) is 6.33 Å². The summed E-state index contributed by atoms with van der Waals surface area (Å²) in [5, 5.41) is 9.65. The smallest absolute Gasteiger partial charge is 0.226 e. The van der Waals surface area contributed by atoms with Gasteiger partial charge in [-0.25, -0.2) is 4.68 Å². The summed E-state index contributed by atoms with van der Waals surface area (Å²) in [5.41, 5.74) is 4.42. The lowest BCUT2D eigenvalue weighted by Crippen LogP contribution is -2.32. The van der Waals surface area contributed by atoms with Crippen molar-refractivity contribution in [1.29, 1.82) is 0 Å². The van der Waals surface area contributed by atoms with E-state index >= 15 is 0 Å². The summed E-state index contributed by atoms with van der Waals surface area (Å²) in [7, 11) is 1.64. The Morgan fingerprint density at radius 3 is 2.50 bits per heavy atom. The van der Waals surface area contributed by atoms with Crippen LogP contribution in [0.4, 0.5) is 5.95 Å². The molecule has 2 unspecified atom stereocenters. The Kier molecular flexibility index (Phi) is 5.17. The molecule has 1 N–H and O–H groups in total. The number of ether oxygens (including phenoxy) is 2. The second kappa shape index (κ2) is 8.24. The van der Waals surface area contributed by atoms with Gasteiger partial charge in [0.1, 0.15) is 30.0 Å². The van der Waals surface area contributed by atoms with E-state index in [2.05, 4.69) is 15.4 Å². The van der Waals surface area contributed by atoms with Gasteiger partial charge in [-0.3, -0.25) is 0 Å². The van der Waals surface area contributed by atoms with E-state index in [9.17, 15) is 0 Å². The quantitative estimate of drug-likeness (QED) is 0.327. The fraction of sp³-hybridized carbons (Fsp3) is 0.120. The second-order valence-electron chi connectivity index (χ2n) is 7.96. The highest BCUT2D eigenvalue weighted by molar-refractivity contribution is 6.35. The van der Waals surface area contributed by atoms with Crippen molar-refractivity contribution in [1.82, 2.24) is 14.8 Å². The van der Waals surface area contributed by atoms with Gasteiger partial charge in [-0.05, 0) is 53.6 Å². The molecule has 0 saturated heterocycles. The van der Waals surface area contributed by atoms with Crippen LogP contribution < -0.4 is 14.8 Å². The van der Waals surface area contributed by atoms with Crippen LogP contribution in [0.15, 0.2) is 72.6 Å². The van der Waals surface area contributed by atoms with Crippen molar-refractivity contribution in [3.8, 4) is 11.5 Å². The standard InChI is InChI=1S/C25H17Cl3N4O2/c1-33-16-6-2-13(3-7-16)24-21-22(18-10-14(26)5-9-20(18)34-24)31-25-29-12-30-32(25)23(21)17-8-4-15(27)11-19(17)28/h2-12,23-24H,1H3,(H,29,30,31). The average Bonchev–Trinajstić information content (AvgIpc) is 3.31. The van der Waals surface area contributed by atoms with Crippen LogP contribution in [0.5, 0.6) is 11.5 Å². The van der Waals surface area contributed by atoms with Crippen molar-refractivity contribution in [3.63, 3.8) is 0 Å². The van der Waals surface area contributed by atoms with E-state index in [1.807, 2.05) is 59.3 Å². The first-order valence-electron chi connectivity index (χ1n) is 10.5. The topological polar surface area (TPSA) is 61.2 Å². The van der Waals surface area contributed by atoms with Gasteiger partial charge in [0.2, 0.25) is 5.95 Å². The largest absolute Gasteiger partial charge is 0.497 e. The molecule has 34 heavy (non-hydrogen) atoms. The SMILES string of the molecule is COc1ccc(C2Oc3ccc(Cl)cc3C3=C2C(c2ccc(Cl)cc2Cl)n2ncnc2N3)cc1. The Hall–Kier alpha value is -3.19. The molecule has 1 aromatic heterocycles. The monoisotopic (exact) mass is 510 g/mol. The van der Waals surface area contributed by atoms with Crippen LogP contribution in [0.2, 0.25) is 15.1 Å². The molecule has 3 heterocycles. The van der Waals surface area contributed by atoms with Crippen LogP contribution >= 0.6 is 34.8 Å². The summed E-state index contributed by atoms with van der Waals surface area (Å²) in [5.74, 6) is 2.07. The van der Waals surface area contributed by atoms with Gasteiger partial charge in [-0.1, -0.05) is 53.0 Å². The molecule has 0 radical (unpaired) electrons. The molecule has 2 aliphatic heterocycles. The first-order chi connectivity index (χ1) is 16.5. The van der Waals surface area contributed by atoms with Gasteiger partial charge in [-0.2, -0.15) is 10.1 Å². The van der Waals surface area contributed by atoms with Crippen molar-refractivity contribution in [2.75, 3.05) is 12.4 Å². The molecule has 9 heteroatoms. The molecule has 6 rings (SSSR count). The third kappa shape index (κ3) is 3.41. The number of nitrogens with one attached hydrogen (secondary N) is 1. The first-order valence-corrected chi connectivity index (χ1v) is 11.6. The minimum Gasteiger partial charge on any atom is -0.497 e. The minimum absolute atomic E-state index is 0.391. The lowest BCUT2D eigenvalue weighted by Gasteiger charge is -2.39. The molecule has 0 amide bonds. The van der Waals surface area contributed by atoms with Gasteiger partial charge in [0.05, 0.1) is 12.8 Å². The number of methoxy groups -OCH3 is 1. The van der Waals surface area contributed by atoms with E-state index < -0.39 is 12.1 Å². The molecular weight excluding hydrogens is 495 g/mol. The second-order valence-corrected chi connectivity index (χ2v) is 9.24. The van der Waals surface area contributed by atoms with Gasteiger partial charge in [0, 0.05) is 26.2 Å². The molecule has 0 saturated carbocycles. The summed E-state index contributed by atoms with van der Waals surface area (Å²) < 4.78 is 13.8. The van der Waals surface area contributed by atoms with Crippen LogP contribution in [0.1, 0.15) is 28.8 Å². The van der Waals surface area contributed by atoms with E-state index in [0.29, 0.717) is 26.8 Å². The third-order valence-electron chi connectivity index (χ3n) is 6.05. The van der Waals surface area contributed by atoms with Crippen LogP contribution in [0.25, 0.3) is 5.70 Å². The van der Waals surface area contributed by atoms with E-state index in [1.54, 1.807) is 13.2 Å². The number of fused-ring (bicyclic) bond motifs is 3. The zero-order valence-electron chi connectivity index (χ0n) is 17.8. The highest BCUT2D eigenvalue weighted by Gasteiger charge is 2.41. The Morgan fingerprint density at radius 2 is 1.74 bits per heavy atom. The van der Waals surface area contributed by atoms with Crippen LogP contribution in [-0.4, -0.2) is 21.9 Å². The van der Waals surface area contributed by atoms with Crippen molar-refractivity contribution in [2.24, 2.45) is 0 Å². The van der Waals surface area contributed by atoms with E-state index in [-0.39, 0.29) is 0 Å². The summed E-state index contributed by atoms with van der Waals surface area (Å²) in [6, 6.07) is 18.5. The van der Waals surface area contributed by atoms with Crippen molar-refractivity contribution in [3.05, 3.63) is 104 Å². The zero-order valence-corrected chi connectivity index (χ0v) is 20.1. The molecule has 0 spiro atoms. The third-order valence-corrected chi connectivity index (χ3v) is 6.85. The van der Waals surface area contributed by atoms with Gasteiger partial charge < -0.3 is 14.8 Å². The number of nitrogens with zero attached hydrogens (tertiary/aromatic N) is 3. The summed E-state index contributed by atoms with van der Waals surface area (Å²) in [6.45, 7) is 0. The summed E-state index contributed by atoms with van der Waals surface area (Å²) in [4.78, 5) is 4.43. The van der Waals surface area contributed by atoms with Crippen LogP contribution in [-0.2, 0) is 0 Å². The van der Waals surface area contributed by atoms with Crippen molar-refractivity contribution >= 4 is 46.4 Å². The molecule has 4 aromatic rings. The maximum atomic E-state index is 6.72. The van der Waals surface area contributed by atoms with Crippen LogP contribution in [0, 0.1) is 0 Å². The van der Waals surface area contributed by atoms with E-state index in [0.717, 1.165) is 33.7 Å². The fourth-order valence-electron chi connectivity index (χ4n) is 4.52. The zero-order chi connectivity index (χ0) is 23.4. The lowest BCUT2D eigenvalue weighted by atomic mass is 9.84. The van der Waals surface area contributed by atoms with Gasteiger partial charge in [-0.15, -0.1) is 0 Å². The fourth-order valence-corrected chi connectivity index (χ4v) is 5.20. The molecular formula is C25H17Cl3N4O2. The lowest BCUT2D eigenvalue weighted by molar-refractivity contribution is 0.223. The minimum atomic E-state index is -0.434. The molecule has 0 aliphatic carbocycles. The Balaban J connectivity index is 1.63. The molecule has 6 nitrogen and oxygen atoms in total. The molecule has 2 atom stereocenters. The number of aromatic nitrogens is 3. The number of rotatable bonds is 3. The van der Waals surface area contributed by atoms with Gasteiger partial charge in [0.25, 0.3) is 0 Å². The summed E-state index contributed by atoms with van der Waals surface area (Å²) >= 11 is 19.3. The molecule has 0 fully saturated rings. The van der Waals surface area contributed by atoms with E-state index in [4.69, 9.17) is 44.3 Å². The number of hydrogen-bond donors (Lipinski definition) is 1. The predicted octanol–water partition coefficient (Wildman–Crippen LogP) is 6.81. The predicted molar refractivity (Wildman–Crippen MR) is 133 cm³/mol. The average molecular weight is 512 g/mol. The molecule has 2 aliphatic rings. The van der Waals surface area contributed by atoms with Crippen molar-refractivity contribution in [2.45, 2.75) is 12.1 Å². The molecule has 0 bridgehead atoms. The number of halogens is 3. The molecule has 170 valence electrons. The Bertz CT molecular complexity index is 1450. The highest BCUT2D eigenvalue weighted by atomic mass is 35.5. The number of hydrogen-bond acceptors (Lipinski definition) is 5. The number of benzene rings is 3. The Morgan fingerprint density at radius 1 is 0.971 bits per heavy atom. The van der Waals surface area contributed by atoms with Crippen molar-refractivity contribution < 1.29 is 9.47 Å². The number of anilines is 1. The Labute approximate surface area is 210 Å².